The predicted molar refractivity (Wildman–Crippen MR) is 335 cm³/mol. The molecule has 33 nitrogen and oxygen atoms in total. The van der Waals surface area contributed by atoms with Crippen LogP contribution in [-0.2, 0) is 92.8 Å². The number of nitrogens with zero attached hydrogens (tertiary/aromatic N) is 2. The average molecular weight is 1340 g/mol. The van der Waals surface area contributed by atoms with Crippen LogP contribution >= 0.6 is 0 Å². The lowest BCUT2D eigenvalue weighted by atomic mass is 10.0. The summed E-state index contributed by atoms with van der Waals surface area (Å²) in [6, 6.07) is 2.07. The van der Waals surface area contributed by atoms with Crippen LogP contribution in [0.25, 0.3) is 0 Å². The van der Waals surface area contributed by atoms with Gasteiger partial charge in [-0.15, -0.1) is 0 Å². The number of hydrogen-bond acceptors (Lipinski definition) is 17. The molecule has 96 heavy (non-hydrogen) atoms. The quantitative estimate of drug-likeness (QED) is 0.0214. The number of carboxylic acid groups (broad SMARTS) is 4. The predicted octanol–water partition coefficient (Wildman–Crippen LogP) is -2.96. The molecule has 1 aromatic heterocycles. The van der Waals surface area contributed by atoms with E-state index in [1.807, 2.05) is 0 Å². The van der Waals surface area contributed by atoms with E-state index in [9.17, 15) is 97.8 Å². The first-order valence-electron chi connectivity index (χ1n) is 30.7. The number of imidazole rings is 1. The van der Waals surface area contributed by atoms with Crippen LogP contribution < -0.4 is 53.6 Å². The van der Waals surface area contributed by atoms with Crippen molar-refractivity contribution in [2.45, 2.75) is 165 Å². The molecule has 0 unspecified atom stereocenters. The van der Waals surface area contributed by atoms with Gasteiger partial charge >= 0.3 is 23.9 Å². The zero-order chi connectivity index (χ0) is 70.9. The third-order valence-corrected chi connectivity index (χ3v) is 15.4. The molecule has 19 N–H and O–H groups in total. The van der Waals surface area contributed by atoms with E-state index < -0.39 is 188 Å². The number of carbonyl (C=O) groups is 14. The lowest BCUT2D eigenvalue weighted by Gasteiger charge is -2.29. The third kappa shape index (κ3) is 24.2. The minimum absolute atomic E-state index is 0.119. The van der Waals surface area contributed by atoms with Crippen molar-refractivity contribution < 1.29 is 103 Å². The van der Waals surface area contributed by atoms with Gasteiger partial charge in [-0.1, -0.05) is 68.4 Å². The van der Waals surface area contributed by atoms with E-state index in [0.29, 0.717) is 29.7 Å². The summed E-state index contributed by atoms with van der Waals surface area (Å²) in [7, 11) is 0. The van der Waals surface area contributed by atoms with E-state index in [1.54, 1.807) is 50.4 Å². The van der Waals surface area contributed by atoms with Crippen LogP contribution in [0.15, 0.2) is 91.4 Å². The highest BCUT2D eigenvalue weighted by Crippen LogP contribution is 2.21. The molecule has 1 aliphatic rings. The molecule has 1 fully saturated rings. The molecular weight excluding hydrogens is 1260 g/mol. The Hall–Kier alpha value is -11.0. The minimum Gasteiger partial charge on any atom is -0.508 e. The van der Waals surface area contributed by atoms with Gasteiger partial charge in [-0.25, -0.2) is 9.78 Å². The number of rotatable bonds is 37. The first-order chi connectivity index (χ1) is 45.4. The summed E-state index contributed by atoms with van der Waals surface area (Å²) in [4.78, 5) is 196. The molecule has 10 amide bonds. The first kappa shape index (κ1) is 75.7. The fraction of sp³-hybridized carbons (Fsp3) is 0.444. The Kier molecular flexibility index (Phi) is 28.8. The summed E-state index contributed by atoms with van der Waals surface area (Å²) in [5.74, 6) is -16.7. The van der Waals surface area contributed by atoms with E-state index in [-0.39, 0.29) is 48.8 Å². The van der Waals surface area contributed by atoms with Crippen molar-refractivity contribution in [3.63, 3.8) is 0 Å². The molecule has 1 aliphatic heterocycles. The number of benzene rings is 3. The Morgan fingerprint density at radius 3 is 1.41 bits per heavy atom. The number of aromatic amines is 1. The summed E-state index contributed by atoms with van der Waals surface area (Å²) < 4.78 is 0. The lowest BCUT2D eigenvalue weighted by Crippen LogP contribution is -2.70. The number of aromatic nitrogens is 2. The SMILES string of the molecule is CC(C)[C@H](NC(=O)[C@@H]1CCCN1C(=O)[C@@H]([NH3+])Cc1cnc[nH]1)C(=O)N[C@@H](C)C(=O)N[C@@H](CCC(=O)O)C(=O)N[C@@H](C)C(=O)N[C@@H](CC(=O)O)C(=O)N[C@@H](Cc1ccc(O)cc1)C(=O)N[C@@H](Cc1ccccc1)C(=O)N[C@@H](CCC(=O)O)C(=O)N[C@@H](Cc1ccc(O)cc1)C(=O)O. The maximum absolute atomic E-state index is 14.6. The first-order valence-corrected chi connectivity index (χ1v) is 30.7. The van der Waals surface area contributed by atoms with Crippen molar-refractivity contribution in [3.05, 3.63) is 114 Å². The largest absolute Gasteiger partial charge is 0.508 e. The Morgan fingerprint density at radius 2 is 0.938 bits per heavy atom. The topological polar surface area (TPSA) is 528 Å². The normalized spacial score (nSPS) is 15.8. The van der Waals surface area contributed by atoms with Crippen LogP contribution in [0.1, 0.15) is 95.0 Å². The van der Waals surface area contributed by atoms with Gasteiger partial charge in [0.1, 0.15) is 71.9 Å². The number of amides is 10. The third-order valence-electron chi connectivity index (χ3n) is 15.4. The molecule has 5 rings (SSSR count). The molecule has 0 aliphatic carbocycles. The van der Waals surface area contributed by atoms with Gasteiger partial charge in [0.05, 0.1) is 19.2 Å². The zero-order valence-corrected chi connectivity index (χ0v) is 53.1. The second-order valence-corrected chi connectivity index (χ2v) is 23.5. The van der Waals surface area contributed by atoms with E-state index in [2.05, 4.69) is 63.6 Å². The summed E-state index contributed by atoms with van der Waals surface area (Å²) in [6.45, 7) is 5.85. The van der Waals surface area contributed by atoms with E-state index >= 15 is 0 Å². The second kappa shape index (κ2) is 36.5. The summed E-state index contributed by atoms with van der Waals surface area (Å²) in [6.07, 6.45) is -0.718. The van der Waals surface area contributed by atoms with Gasteiger partial charge < -0.3 is 94.1 Å². The van der Waals surface area contributed by atoms with Crippen molar-refractivity contribution in [2.24, 2.45) is 5.92 Å². The standard InChI is InChI=1S/C63H81N13O20/c1-32(2)52(75-60(92)48-11-8-24-76(48)62(94)41(64)28-38-30-65-31-66-38)61(93)68-34(4)53(85)69-42(20-22-49(79)80)55(87)67-33(3)54(86)71-46(29-51(83)84)59(91)73-45(26-36-12-16-39(77)17-13-36)58(90)72-44(25-35-9-6-5-7-10-35)57(89)70-43(21-23-50(81)82)56(88)74-47(63(95)96)27-37-14-18-40(78)19-15-37/h5-7,9-10,12-19,30-34,41-48,52,77-78H,8,11,20-29,64H2,1-4H3,(H,65,66)(H,67,87)(H,68,93)(H,69,85)(H,70,89)(H,71,86)(H,72,90)(H,73,91)(H,74,88)(H,75,92)(H,79,80)(H,81,82)(H,83,84)(H,95,96)/p+1/t33-,34-,41-,42-,43-,44-,45-,46-,47-,48-,52-/m0/s1. The molecule has 33 heteroatoms. The number of carbonyl (C=O) groups excluding carboxylic acids is 10. The van der Waals surface area contributed by atoms with Gasteiger partial charge in [0.2, 0.25) is 53.2 Å². The lowest BCUT2D eigenvalue weighted by molar-refractivity contribution is -0.405. The Morgan fingerprint density at radius 1 is 0.510 bits per heavy atom. The van der Waals surface area contributed by atoms with Crippen LogP contribution in [0.3, 0.4) is 0 Å². The minimum atomic E-state index is -2.03. The number of aliphatic carboxylic acids is 4. The van der Waals surface area contributed by atoms with E-state index in [1.165, 1.54) is 66.7 Å². The van der Waals surface area contributed by atoms with Gasteiger partial charge in [-0.05, 0) is 86.4 Å². The van der Waals surface area contributed by atoms with Crippen LogP contribution in [0.2, 0.25) is 0 Å². The summed E-state index contributed by atoms with van der Waals surface area (Å²) in [5, 5.41) is 80.5. The number of quaternary nitrogens is 1. The Balaban J connectivity index is 1.29. The van der Waals surface area contributed by atoms with Crippen LogP contribution in [0.4, 0.5) is 0 Å². The van der Waals surface area contributed by atoms with E-state index in [4.69, 9.17) is 0 Å². The number of carboxylic acids is 4. The fourth-order valence-electron chi connectivity index (χ4n) is 10.2. The molecule has 1 saturated heterocycles. The molecule has 3 aromatic carbocycles. The van der Waals surface area contributed by atoms with Crippen molar-refractivity contribution in [3.8, 4) is 11.5 Å². The molecule has 0 saturated carbocycles. The average Bonchev–Trinajstić information content (AvgIpc) is 1.61. The highest BCUT2D eigenvalue weighted by molar-refractivity contribution is 6.00. The molecule has 0 spiro atoms. The zero-order valence-electron chi connectivity index (χ0n) is 53.1. The number of hydrogen-bond donors (Lipinski definition) is 17. The number of aromatic hydroxyl groups is 2. The van der Waals surface area contributed by atoms with Gasteiger partial charge in [0.15, 0.2) is 6.04 Å². The molecular formula is C63H82N13O20+. The van der Waals surface area contributed by atoms with Crippen molar-refractivity contribution >= 4 is 82.9 Å². The highest BCUT2D eigenvalue weighted by Gasteiger charge is 2.41. The maximum Gasteiger partial charge on any atom is 0.326 e. The van der Waals surface area contributed by atoms with Gasteiger partial charge in [-0.2, -0.15) is 0 Å². The number of nitrogens with one attached hydrogen (secondary N) is 10. The molecule has 11 atom stereocenters. The number of likely N-dealkylation sites (tertiary alicyclic amines) is 1. The molecule has 4 aromatic rings. The molecule has 0 bridgehead atoms. The van der Waals surface area contributed by atoms with Gasteiger partial charge in [0.25, 0.3) is 5.91 Å². The fourth-order valence-corrected chi connectivity index (χ4v) is 10.2. The summed E-state index contributed by atoms with van der Waals surface area (Å²) >= 11 is 0. The number of phenols is 2. The Labute approximate surface area is 549 Å². The van der Waals surface area contributed by atoms with Gasteiger partial charge in [-0.3, -0.25) is 62.3 Å². The number of phenolic OH excluding ortho intramolecular Hbond substituents is 2. The smallest absolute Gasteiger partial charge is 0.326 e. The number of H-pyrrole nitrogens is 1. The van der Waals surface area contributed by atoms with Crippen molar-refractivity contribution in [1.82, 2.24) is 62.7 Å². The summed E-state index contributed by atoms with van der Waals surface area (Å²) in [5.41, 5.74) is 5.70. The van der Waals surface area contributed by atoms with Gasteiger partial charge in [0, 0.05) is 50.5 Å². The monoisotopic (exact) mass is 1340 g/mol. The van der Waals surface area contributed by atoms with Crippen LogP contribution in [0.5, 0.6) is 11.5 Å². The van der Waals surface area contributed by atoms with Crippen molar-refractivity contribution in [1.29, 1.82) is 0 Å². The molecule has 0 radical (unpaired) electrons. The van der Waals surface area contributed by atoms with Crippen LogP contribution in [-0.4, -0.2) is 201 Å². The van der Waals surface area contributed by atoms with Crippen molar-refractivity contribution in [2.75, 3.05) is 6.54 Å². The molecule has 518 valence electrons. The van der Waals surface area contributed by atoms with Crippen LogP contribution in [0, 0.1) is 5.92 Å². The highest BCUT2D eigenvalue weighted by atomic mass is 16.4. The Bertz CT molecular complexity index is 3410. The second-order valence-electron chi connectivity index (χ2n) is 23.5. The van der Waals surface area contributed by atoms with E-state index in [0.717, 1.165) is 6.92 Å². The molecule has 2 heterocycles. The maximum atomic E-state index is 14.6.